The van der Waals surface area contributed by atoms with E-state index in [2.05, 4.69) is 15.9 Å². The minimum atomic E-state index is -0.724. The van der Waals surface area contributed by atoms with Gasteiger partial charge in [0.15, 0.2) is 0 Å². The van der Waals surface area contributed by atoms with Crippen LogP contribution in [0.3, 0.4) is 0 Å². The van der Waals surface area contributed by atoms with Crippen LogP contribution in [-0.2, 0) is 11.3 Å². The summed E-state index contributed by atoms with van der Waals surface area (Å²) in [5.41, 5.74) is -0.0356. The molecule has 20 heavy (non-hydrogen) atoms. The molecule has 1 N–H and O–H groups in total. The highest BCUT2D eigenvalue weighted by atomic mass is 79.9. The Morgan fingerprint density at radius 3 is 2.90 bits per heavy atom. The summed E-state index contributed by atoms with van der Waals surface area (Å²) < 4.78 is 14.5. The third kappa shape index (κ3) is 3.20. The van der Waals surface area contributed by atoms with Crippen molar-refractivity contribution in [2.75, 3.05) is 13.1 Å². The molecule has 1 aliphatic heterocycles. The zero-order chi connectivity index (χ0) is 14.8. The van der Waals surface area contributed by atoms with Gasteiger partial charge in [-0.1, -0.05) is 35.3 Å². The van der Waals surface area contributed by atoms with Gasteiger partial charge in [0, 0.05) is 23.1 Å². The van der Waals surface area contributed by atoms with Crippen molar-refractivity contribution in [2.45, 2.75) is 32.7 Å². The van der Waals surface area contributed by atoms with E-state index in [1.165, 1.54) is 6.07 Å². The van der Waals surface area contributed by atoms with Crippen molar-refractivity contribution in [3.05, 3.63) is 34.1 Å². The average Bonchev–Trinajstić information content (AvgIpc) is 2.78. The fourth-order valence-electron chi connectivity index (χ4n) is 2.95. The number of carbonyl (C=O) groups is 1. The third-order valence-electron chi connectivity index (χ3n) is 4.02. The van der Waals surface area contributed by atoms with Crippen LogP contribution >= 0.6 is 15.9 Å². The van der Waals surface area contributed by atoms with E-state index in [1.807, 2.05) is 17.9 Å². The Morgan fingerprint density at radius 1 is 1.55 bits per heavy atom. The first-order chi connectivity index (χ1) is 9.47. The summed E-state index contributed by atoms with van der Waals surface area (Å²) >= 11 is 3.24. The van der Waals surface area contributed by atoms with E-state index in [-0.39, 0.29) is 5.82 Å². The Morgan fingerprint density at radius 2 is 2.30 bits per heavy atom. The number of likely N-dealkylation sites (tertiary alicyclic amines) is 1. The van der Waals surface area contributed by atoms with E-state index in [0.717, 1.165) is 6.42 Å². The molecular weight excluding hydrogens is 325 g/mol. The van der Waals surface area contributed by atoms with Crippen LogP contribution in [0.4, 0.5) is 4.39 Å². The van der Waals surface area contributed by atoms with Crippen molar-refractivity contribution in [2.24, 2.45) is 5.41 Å². The summed E-state index contributed by atoms with van der Waals surface area (Å²) in [7, 11) is 0. The van der Waals surface area contributed by atoms with Crippen LogP contribution < -0.4 is 0 Å². The number of rotatable bonds is 5. The highest BCUT2D eigenvalue weighted by Gasteiger charge is 2.43. The Labute approximate surface area is 126 Å². The molecule has 0 saturated carbocycles. The second-order valence-corrected chi connectivity index (χ2v) is 6.45. The van der Waals surface area contributed by atoms with Gasteiger partial charge in [-0.25, -0.2) is 4.39 Å². The minimum Gasteiger partial charge on any atom is -0.481 e. The van der Waals surface area contributed by atoms with Gasteiger partial charge in [-0.05, 0) is 31.5 Å². The van der Waals surface area contributed by atoms with E-state index < -0.39 is 11.4 Å². The van der Waals surface area contributed by atoms with Crippen LogP contribution in [0, 0.1) is 11.2 Å². The lowest BCUT2D eigenvalue weighted by Gasteiger charge is -2.24. The van der Waals surface area contributed by atoms with Gasteiger partial charge >= 0.3 is 5.97 Å². The number of benzene rings is 1. The highest BCUT2D eigenvalue weighted by molar-refractivity contribution is 9.10. The third-order valence-corrected chi connectivity index (χ3v) is 4.52. The van der Waals surface area contributed by atoms with E-state index in [9.17, 15) is 14.3 Å². The zero-order valence-corrected chi connectivity index (χ0v) is 13.1. The lowest BCUT2D eigenvalue weighted by Crippen LogP contribution is -2.34. The maximum Gasteiger partial charge on any atom is 0.310 e. The maximum atomic E-state index is 13.8. The van der Waals surface area contributed by atoms with Crippen molar-refractivity contribution < 1.29 is 14.3 Å². The van der Waals surface area contributed by atoms with Gasteiger partial charge in [-0.2, -0.15) is 0 Å². The molecule has 1 aliphatic rings. The standard InChI is InChI=1S/C15H19BrFNO2/c1-2-5-15(14(19)20)6-7-18(10-15)9-11-3-4-12(16)8-13(11)17/h3-4,8H,2,5-7,9-10H2,1H3,(H,19,20). The van der Waals surface area contributed by atoms with E-state index in [4.69, 9.17) is 0 Å². The molecule has 1 atom stereocenters. The van der Waals surface area contributed by atoms with Gasteiger partial charge in [0.2, 0.25) is 0 Å². The molecule has 0 bridgehead atoms. The van der Waals surface area contributed by atoms with Gasteiger partial charge in [0.25, 0.3) is 0 Å². The summed E-state index contributed by atoms with van der Waals surface area (Å²) in [5.74, 6) is -0.971. The number of halogens is 2. The van der Waals surface area contributed by atoms with Gasteiger partial charge in [-0.3, -0.25) is 9.69 Å². The number of aliphatic carboxylic acids is 1. The number of hydrogen-bond acceptors (Lipinski definition) is 2. The summed E-state index contributed by atoms with van der Waals surface area (Å²) in [6.45, 7) is 3.69. The maximum absolute atomic E-state index is 13.8. The molecule has 0 aliphatic carbocycles. The number of hydrogen-bond donors (Lipinski definition) is 1. The molecule has 110 valence electrons. The van der Waals surface area contributed by atoms with Crippen LogP contribution in [0.1, 0.15) is 31.7 Å². The van der Waals surface area contributed by atoms with E-state index in [0.29, 0.717) is 42.5 Å². The average molecular weight is 344 g/mol. The predicted octanol–water partition coefficient (Wildman–Crippen LogP) is 3.67. The van der Waals surface area contributed by atoms with Crippen LogP contribution in [0.25, 0.3) is 0 Å². The van der Waals surface area contributed by atoms with Gasteiger partial charge in [-0.15, -0.1) is 0 Å². The monoisotopic (exact) mass is 343 g/mol. The minimum absolute atomic E-state index is 0.248. The first kappa shape index (κ1) is 15.4. The molecule has 2 rings (SSSR count). The van der Waals surface area contributed by atoms with Crippen LogP contribution in [0.5, 0.6) is 0 Å². The SMILES string of the molecule is CCCC1(C(=O)O)CCN(Cc2ccc(Br)cc2F)C1. The lowest BCUT2D eigenvalue weighted by molar-refractivity contribution is -0.148. The fraction of sp³-hybridized carbons (Fsp3) is 0.533. The molecule has 1 aromatic rings. The summed E-state index contributed by atoms with van der Waals surface area (Å²) in [6.07, 6.45) is 2.18. The molecule has 0 spiro atoms. The molecule has 0 amide bonds. The molecule has 0 aromatic heterocycles. The van der Waals surface area contributed by atoms with Crippen LogP contribution in [0.2, 0.25) is 0 Å². The Bertz CT molecular complexity index is 509. The topological polar surface area (TPSA) is 40.5 Å². The highest BCUT2D eigenvalue weighted by Crippen LogP contribution is 2.36. The van der Waals surface area contributed by atoms with Crippen molar-refractivity contribution >= 4 is 21.9 Å². The Kier molecular flexibility index (Phi) is 4.81. The summed E-state index contributed by atoms with van der Waals surface area (Å²) in [4.78, 5) is 13.6. The number of carboxylic acid groups (broad SMARTS) is 1. The van der Waals surface area contributed by atoms with E-state index >= 15 is 0 Å². The van der Waals surface area contributed by atoms with Crippen LogP contribution in [-0.4, -0.2) is 29.1 Å². The normalized spacial score (nSPS) is 23.1. The van der Waals surface area contributed by atoms with Crippen molar-refractivity contribution in [3.8, 4) is 0 Å². The smallest absolute Gasteiger partial charge is 0.310 e. The molecular formula is C15H19BrFNO2. The Hall–Kier alpha value is -0.940. The quantitative estimate of drug-likeness (QED) is 0.886. The summed E-state index contributed by atoms with van der Waals surface area (Å²) in [6, 6.07) is 5.01. The van der Waals surface area contributed by atoms with Gasteiger partial charge in [0.1, 0.15) is 5.82 Å². The molecule has 0 radical (unpaired) electrons. The second kappa shape index (κ2) is 6.22. The molecule has 1 saturated heterocycles. The number of carboxylic acids is 1. The zero-order valence-electron chi connectivity index (χ0n) is 11.5. The molecule has 1 aromatic carbocycles. The van der Waals surface area contributed by atoms with Gasteiger partial charge in [0.05, 0.1) is 5.41 Å². The second-order valence-electron chi connectivity index (χ2n) is 5.53. The Balaban J connectivity index is 2.07. The largest absolute Gasteiger partial charge is 0.481 e. The molecule has 1 fully saturated rings. The molecule has 1 heterocycles. The summed E-state index contributed by atoms with van der Waals surface area (Å²) in [5, 5.41) is 9.46. The van der Waals surface area contributed by atoms with Crippen molar-refractivity contribution in [1.29, 1.82) is 0 Å². The first-order valence-corrected chi connectivity index (χ1v) is 7.66. The molecule has 3 nitrogen and oxygen atoms in total. The fourth-order valence-corrected chi connectivity index (χ4v) is 3.28. The predicted molar refractivity (Wildman–Crippen MR) is 79.0 cm³/mol. The lowest BCUT2D eigenvalue weighted by atomic mass is 9.83. The molecule has 1 unspecified atom stereocenters. The number of nitrogens with zero attached hydrogens (tertiary/aromatic N) is 1. The van der Waals surface area contributed by atoms with Gasteiger partial charge < -0.3 is 5.11 Å². The molecule has 5 heteroatoms. The van der Waals surface area contributed by atoms with Crippen LogP contribution in [0.15, 0.2) is 22.7 Å². The first-order valence-electron chi connectivity index (χ1n) is 6.86. The van der Waals surface area contributed by atoms with Crippen molar-refractivity contribution in [1.82, 2.24) is 4.90 Å². The van der Waals surface area contributed by atoms with Crippen molar-refractivity contribution in [3.63, 3.8) is 0 Å². The van der Waals surface area contributed by atoms with E-state index in [1.54, 1.807) is 6.07 Å².